The number of hydrogen-bond donors (Lipinski definition) is 2. The van der Waals surface area contributed by atoms with Gasteiger partial charge >= 0.3 is 0 Å². The predicted octanol–water partition coefficient (Wildman–Crippen LogP) is 3.50. The van der Waals surface area contributed by atoms with Gasteiger partial charge in [0.15, 0.2) is 0 Å². The van der Waals surface area contributed by atoms with Gasteiger partial charge in [0, 0.05) is 30.0 Å². The van der Waals surface area contributed by atoms with Crippen molar-refractivity contribution in [3.05, 3.63) is 52.4 Å². The van der Waals surface area contributed by atoms with Crippen molar-refractivity contribution >= 4 is 23.6 Å². The van der Waals surface area contributed by atoms with Crippen molar-refractivity contribution in [1.29, 1.82) is 5.26 Å². The number of fused-ring (bicyclic) bond motifs is 1. The Morgan fingerprint density at radius 2 is 2.13 bits per heavy atom. The first-order chi connectivity index (χ1) is 14.9. The molecule has 0 radical (unpaired) electrons. The second-order valence-electron chi connectivity index (χ2n) is 7.62. The van der Waals surface area contributed by atoms with E-state index in [4.69, 9.17) is 4.74 Å². The van der Waals surface area contributed by atoms with Crippen LogP contribution in [-0.4, -0.2) is 29.5 Å². The lowest BCUT2D eigenvalue weighted by Gasteiger charge is -2.17. The maximum Gasteiger partial charge on any atom is 0.262 e. The molecule has 1 aromatic carbocycles. The van der Waals surface area contributed by atoms with Gasteiger partial charge in [-0.25, -0.2) is 0 Å². The Bertz CT molecular complexity index is 1060. The van der Waals surface area contributed by atoms with E-state index in [-0.39, 0.29) is 24.6 Å². The summed E-state index contributed by atoms with van der Waals surface area (Å²) in [6.07, 6.45) is 3.81. The van der Waals surface area contributed by atoms with Crippen molar-refractivity contribution in [3.63, 3.8) is 0 Å². The number of ether oxygens (including phenoxy) is 1. The minimum absolute atomic E-state index is 0.0255. The summed E-state index contributed by atoms with van der Waals surface area (Å²) in [7, 11) is 0. The number of benzene rings is 1. The van der Waals surface area contributed by atoms with Gasteiger partial charge in [0.25, 0.3) is 5.91 Å². The number of carbonyl (C=O) groups is 2. The van der Waals surface area contributed by atoms with Crippen LogP contribution in [-0.2, 0) is 22.6 Å². The number of nitriles is 1. The SMILES string of the molecule is CCCn1c(C)cc(/C=C(/C#N)C(=O)NCCOc2ccc3c(c2)CCC(=O)N3)c1C. The molecule has 162 valence electrons. The van der Waals surface area contributed by atoms with E-state index >= 15 is 0 Å². The maximum atomic E-state index is 12.4. The van der Waals surface area contributed by atoms with Gasteiger partial charge in [-0.1, -0.05) is 6.92 Å². The molecule has 7 nitrogen and oxygen atoms in total. The highest BCUT2D eigenvalue weighted by Gasteiger charge is 2.15. The molecule has 0 saturated carbocycles. The number of aromatic nitrogens is 1. The fourth-order valence-electron chi connectivity index (χ4n) is 3.72. The Labute approximate surface area is 182 Å². The first-order valence-electron chi connectivity index (χ1n) is 10.5. The monoisotopic (exact) mass is 420 g/mol. The summed E-state index contributed by atoms with van der Waals surface area (Å²) in [6.45, 7) is 7.61. The summed E-state index contributed by atoms with van der Waals surface area (Å²) in [6, 6.07) is 9.52. The van der Waals surface area contributed by atoms with Crippen LogP contribution in [0.2, 0.25) is 0 Å². The minimum Gasteiger partial charge on any atom is -0.492 e. The zero-order chi connectivity index (χ0) is 22.4. The molecule has 7 heteroatoms. The zero-order valence-electron chi connectivity index (χ0n) is 18.2. The molecule has 0 spiro atoms. The lowest BCUT2D eigenvalue weighted by molar-refractivity contribution is -0.117. The standard InChI is InChI=1S/C24H28N4O3/c1-4-10-28-16(2)12-19(17(28)3)13-20(15-25)24(30)26-9-11-31-21-6-7-22-18(14-21)5-8-23(29)27-22/h6-7,12-14H,4-5,8-11H2,1-3H3,(H,26,30)(H,27,29)/b20-13-. The molecule has 31 heavy (non-hydrogen) atoms. The van der Waals surface area contributed by atoms with Crippen molar-refractivity contribution in [2.24, 2.45) is 0 Å². The van der Waals surface area contributed by atoms with Crippen LogP contribution in [0.25, 0.3) is 6.08 Å². The Morgan fingerprint density at radius 3 is 2.87 bits per heavy atom. The summed E-state index contributed by atoms with van der Waals surface area (Å²) >= 11 is 0. The van der Waals surface area contributed by atoms with Crippen LogP contribution in [0.4, 0.5) is 5.69 Å². The number of carbonyl (C=O) groups excluding carboxylic acids is 2. The maximum absolute atomic E-state index is 12.4. The number of nitrogens with one attached hydrogen (secondary N) is 2. The van der Waals surface area contributed by atoms with Crippen LogP contribution in [0, 0.1) is 25.2 Å². The molecular weight excluding hydrogens is 392 g/mol. The van der Waals surface area contributed by atoms with Crippen molar-refractivity contribution in [3.8, 4) is 11.8 Å². The highest BCUT2D eigenvalue weighted by molar-refractivity contribution is 6.01. The van der Waals surface area contributed by atoms with Crippen LogP contribution in [0.5, 0.6) is 5.75 Å². The fraction of sp³-hybridized carbons (Fsp3) is 0.375. The summed E-state index contributed by atoms with van der Waals surface area (Å²) in [5, 5.41) is 15.0. The number of hydrogen-bond acceptors (Lipinski definition) is 4. The van der Waals surface area contributed by atoms with Crippen molar-refractivity contribution in [1.82, 2.24) is 9.88 Å². The molecule has 0 saturated heterocycles. The van der Waals surface area contributed by atoms with Crippen LogP contribution < -0.4 is 15.4 Å². The van der Waals surface area contributed by atoms with Crippen LogP contribution in [0.1, 0.15) is 42.3 Å². The number of anilines is 1. The minimum atomic E-state index is -0.417. The molecule has 0 atom stereocenters. The second kappa shape index (κ2) is 9.98. The third-order valence-corrected chi connectivity index (χ3v) is 5.35. The third-order valence-electron chi connectivity index (χ3n) is 5.35. The highest BCUT2D eigenvalue weighted by atomic mass is 16.5. The van der Waals surface area contributed by atoms with Crippen LogP contribution in [0.15, 0.2) is 29.8 Å². The van der Waals surface area contributed by atoms with E-state index in [1.807, 2.05) is 38.1 Å². The quantitative estimate of drug-likeness (QED) is 0.388. The van der Waals surface area contributed by atoms with E-state index in [9.17, 15) is 14.9 Å². The first-order valence-corrected chi connectivity index (χ1v) is 10.5. The topological polar surface area (TPSA) is 96.2 Å². The van der Waals surface area contributed by atoms with E-state index in [1.165, 1.54) is 0 Å². The number of nitrogens with zero attached hydrogens (tertiary/aromatic N) is 2. The van der Waals surface area contributed by atoms with E-state index in [0.717, 1.165) is 41.2 Å². The Kier molecular flexibility index (Phi) is 7.14. The average molecular weight is 421 g/mol. The van der Waals surface area contributed by atoms with Gasteiger partial charge in [-0.2, -0.15) is 5.26 Å². The largest absolute Gasteiger partial charge is 0.492 e. The highest BCUT2D eigenvalue weighted by Crippen LogP contribution is 2.26. The fourth-order valence-corrected chi connectivity index (χ4v) is 3.72. The molecule has 0 aliphatic carbocycles. The van der Waals surface area contributed by atoms with Crippen LogP contribution >= 0.6 is 0 Å². The summed E-state index contributed by atoms with van der Waals surface area (Å²) in [5.74, 6) is 0.292. The van der Waals surface area contributed by atoms with E-state index in [0.29, 0.717) is 18.6 Å². The van der Waals surface area contributed by atoms with Gasteiger partial charge in [0.1, 0.15) is 24.0 Å². The molecule has 2 amide bonds. The predicted molar refractivity (Wildman–Crippen MR) is 120 cm³/mol. The van der Waals surface area contributed by atoms with Crippen molar-refractivity contribution < 1.29 is 14.3 Å². The average Bonchev–Trinajstić information content (AvgIpc) is 3.02. The Morgan fingerprint density at radius 1 is 1.32 bits per heavy atom. The van der Waals surface area contributed by atoms with Crippen molar-refractivity contribution in [2.75, 3.05) is 18.5 Å². The van der Waals surface area contributed by atoms with Gasteiger partial charge in [0.05, 0.1) is 6.54 Å². The lowest BCUT2D eigenvalue weighted by Crippen LogP contribution is -2.29. The molecule has 3 rings (SSSR count). The number of aryl methyl sites for hydroxylation is 2. The first kappa shape index (κ1) is 22.2. The normalized spacial score (nSPS) is 13.2. The summed E-state index contributed by atoms with van der Waals surface area (Å²) in [4.78, 5) is 23.9. The van der Waals surface area contributed by atoms with Gasteiger partial charge < -0.3 is 19.9 Å². The molecule has 0 unspecified atom stereocenters. The molecule has 1 aliphatic rings. The molecule has 1 aliphatic heterocycles. The van der Waals surface area contributed by atoms with Gasteiger partial charge in [-0.3, -0.25) is 9.59 Å². The second-order valence-corrected chi connectivity index (χ2v) is 7.62. The van der Waals surface area contributed by atoms with E-state index < -0.39 is 5.91 Å². The van der Waals surface area contributed by atoms with E-state index in [1.54, 1.807) is 12.1 Å². The van der Waals surface area contributed by atoms with E-state index in [2.05, 4.69) is 22.1 Å². The zero-order valence-corrected chi connectivity index (χ0v) is 18.2. The number of amides is 2. The molecule has 2 heterocycles. The molecule has 0 fully saturated rings. The molecular formula is C24H28N4O3. The van der Waals surface area contributed by atoms with Gasteiger partial charge in [-0.05, 0) is 68.2 Å². The van der Waals surface area contributed by atoms with Crippen molar-refractivity contribution in [2.45, 2.75) is 46.6 Å². The molecule has 0 bridgehead atoms. The number of rotatable bonds is 8. The lowest BCUT2D eigenvalue weighted by atomic mass is 10.0. The smallest absolute Gasteiger partial charge is 0.262 e. The van der Waals surface area contributed by atoms with Crippen LogP contribution in [0.3, 0.4) is 0 Å². The molecule has 2 N–H and O–H groups in total. The molecule has 2 aromatic rings. The van der Waals surface area contributed by atoms with Gasteiger partial charge in [-0.15, -0.1) is 0 Å². The Balaban J connectivity index is 1.55. The summed E-state index contributed by atoms with van der Waals surface area (Å²) < 4.78 is 7.90. The van der Waals surface area contributed by atoms with Gasteiger partial charge in [0.2, 0.25) is 5.91 Å². The summed E-state index contributed by atoms with van der Waals surface area (Å²) in [5.41, 5.74) is 4.97. The Hall–Kier alpha value is -3.53. The third kappa shape index (κ3) is 5.34. The molecule has 1 aromatic heterocycles.